The average molecular weight is 597 g/mol. The van der Waals surface area contributed by atoms with Gasteiger partial charge in [-0.1, -0.05) is 29.3 Å². The van der Waals surface area contributed by atoms with Crippen LogP contribution in [0.3, 0.4) is 0 Å². The normalized spacial score (nSPS) is 15.9. The van der Waals surface area contributed by atoms with E-state index in [2.05, 4.69) is 15.5 Å². The zero-order chi connectivity index (χ0) is 29.1. The Morgan fingerprint density at radius 3 is 2.66 bits per heavy atom. The van der Waals surface area contributed by atoms with Gasteiger partial charge in [0.2, 0.25) is 11.8 Å². The molecule has 1 amide bonds. The average Bonchev–Trinajstić information content (AvgIpc) is 3.56. The molecule has 1 fully saturated rings. The second kappa shape index (κ2) is 11.8. The fraction of sp³-hybridized carbons (Fsp3) is 0.241. The zero-order valence-electron chi connectivity index (χ0n) is 21.9. The van der Waals surface area contributed by atoms with Crippen LogP contribution in [0.4, 0.5) is 4.39 Å². The number of rotatable bonds is 8. The number of nitrogens with zero attached hydrogens (tertiary/aromatic N) is 3. The molecule has 1 aromatic heterocycles. The summed E-state index contributed by atoms with van der Waals surface area (Å²) in [5.74, 6) is -1.33. The van der Waals surface area contributed by atoms with Gasteiger partial charge in [-0.3, -0.25) is 4.79 Å². The van der Waals surface area contributed by atoms with Crippen LogP contribution in [0.15, 0.2) is 59.0 Å². The monoisotopic (exact) mass is 596 g/mol. The molecule has 1 N–H and O–H groups in total. The highest BCUT2D eigenvalue weighted by atomic mass is 35.5. The van der Waals surface area contributed by atoms with Crippen LogP contribution < -0.4 is 10.1 Å². The molecule has 1 atom stereocenters. The fourth-order valence-corrected chi connectivity index (χ4v) is 4.56. The van der Waals surface area contributed by atoms with Crippen LogP contribution in [-0.4, -0.2) is 41.1 Å². The van der Waals surface area contributed by atoms with Crippen LogP contribution in [0, 0.1) is 17.1 Å². The van der Waals surface area contributed by atoms with E-state index in [1.54, 1.807) is 24.3 Å². The van der Waals surface area contributed by atoms with E-state index in [9.17, 15) is 4.79 Å². The van der Waals surface area contributed by atoms with Crippen LogP contribution in [0.2, 0.25) is 10.0 Å². The molecule has 0 bridgehead atoms. The van der Waals surface area contributed by atoms with Gasteiger partial charge in [-0.05, 0) is 62.4 Å². The first-order chi connectivity index (χ1) is 19.6. The van der Waals surface area contributed by atoms with Gasteiger partial charge in [-0.15, -0.1) is 10.2 Å². The van der Waals surface area contributed by atoms with Crippen molar-refractivity contribution in [3.8, 4) is 29.0 Å². The van der Waals surface area contributed by atoms with E-state index >= 15 is 4.39 Å². The lowest BCUT2D eigenvalue weighted by Gasteiger charge is -2.17. The van der Waals surface area contributed by atoms with Crippen molar-refractivity contribution in [2.24, 2.45) is 0 Å². The highest BCUT2D eigenvalue weighted by Crippen LogP contribution is 2.36. The minimum atomic E-state index is -0.718. The maximum atomic E-state index is 15.4. The molecule has 3 aromatic carbocycles. The summed E-state index contributed by atoms with van der Waals surface area (Å²) >= 11 is 12.2. The number of nitriles is 1. The molecule has 0 saturated carbocycles. The number of carbonyl (C=O) groups is 1. The number of aromatic nitrogens is 2. The van der Waals surface area contributed by atoms with Gasteiger partial charge >= 0.3 is 0 Å². The van der Waals surface area contributed by atoms with E-state index in [0.29, 0.717) is 24.3 Å². The number of ether oxygens (including phenoxy) is 3. The predicted octanol–water partition coefficient (Wildman–Crippen LogP) is 6.32. The quantitative estimate of drug-likeness (QED) is 0.251. The van der Waals surface area contributed by atoms with E-state index in [1.807, 2.05) is 19.9 Å². The number of amides is 1. The Kier molecular flexibility index (Phi) is 8.24. The summed E-state index contributed by atoms with van der Waals surface area (Å²) in [4.78, 5) is 12.5. The predicted molar refractivity (Wildman–Crippen MR) is 147 cm³/mol. The van der Waals surface area contributed by atoms with Crippen molar-refractivity contribution in [3.05, 3.63) is 93.0 Å². The number of benzene rings is 3. The topological polar surface area (TPSA) is 120 Å². The van der Waals surface area contributed by atoms with E-state index in [0.717, 1.165) is 0 Å². The summed E-state index contributed by atoms with van der Waals surface area (Å²) < 4.78 is 38.0. The summed E-state index contributed by atoms with van der Waals surface area (Å²) in [7, 11) is 0. The molecule has 2 heterocycles. The molecule has 0 aliphatic carbocycles. The van der Waals surface area contributed by atoms with Crippen LogP contribution in [0.25, 0.3) is 11.5 Å². The highest BCUT2D eigenvalue weighted by Gasteiger charge is 2.32. The van der Waals surface area contributed by atoms with Crippen LogP contribution >= 0.6 is 23.2 Å². The fourth-order valence-electron chi connectivity index (χ4n) is 4.15. The maximum Gasteiger partial charge on any atom is 0.251 e. The molecule has 0 spiro atoms. The largest absolute Gasteiger partial charge is 0.453 e. The maximum absolute atomic E-state index is 15.4. The third-order valence-electron chi connectivity index (χ3n) is 6.11. The van der Waals surface area contributed by atoms with Gasteiger partial charge in [0.25, 0.3) is 5.91 Å². The summed E-state index contributed by atoms with van der Waals surface area (Å²) in [5.41, 5.74) is 1.49. The minimum Gasteiger partial charge on any atom is -0.453 e. The van der Waals surface area contributed by atoms with Gasteiger partial charge in [0.1, 0.15) is 11.9 Å². The smallest absolute Gasteiger partial charge is 0.251 e. The van der Waals surface area contributed by atoms with Crippen LogP contribution in [0.5, 0.6) is 11.5 Å². The van der Waals surface area contributed by atoms with Crippen molar-refractivity contribution < 1.29 is 27.8 Å². The van der Waals surface area contributed by atoms with Crippen molar-refractivity contribution >= 4 is 29.1 Å². The van der Waals surface area contributed by atoms with E-state index in [1.165, 1.54) is 30.3 Å². The second-order valence-electron chi connectivity index (χ2n) is 9.65. The van der Waals surface area contributed by atoms with Gasteiger partial charge in [0.05, 0.1) is 29.7 Å². The Morgan fingerprint density at radius 2 is 1.95 bits per heavy atom. The summed E-state index contributed by atoms with van der Waals surface area (Å²) in [6.07, 6.45) is -0.248. The third-order valence-corrected chi connectivity index (χ3v) is 6.63. The van der Waals surface area contributed by atoms with Crippen molar-refractivity contribution in [1.29, 1.82) is 5.26 Å². The molecule has 210 valence electrons. The molecule has 1 aliphatic rings. The van der Waals surface area contributed by atoms with Gasteiger partial charge in [0, 0.05) is 28.3 Å². The van der Waals surface area contributed by atoms with Crippen molar-refractivity contribution in [2.75, 3.05) is 13.2 Å². The molecule has 9 nitrogen and oxygen atoms in total. The molecule has 4 aromatic rings. The highest BCUT2D eigenvalue weighted by molar-refractivity contribution is 6.32. The summed E-state index contributed by atoms with van der Waals surface area (Å²) in [6, 6.07) is 15.9. The van der Waals surface area contributed by atoms with E-state index in [-0.39, 0.29) is 62.9 Å². The van der Waals surface area contributed by atoms with Gasteiger partial charge < -0.3 is 23.9 Å². The number of carbonyl (C=O) groups excluding carboxylic acids is 1. The van der Waals surface area contributed by atoms with E-state index in [4.69, 9.17) is 47.1 Å². The number of halogens is 3. The van der Waals surface area contributed by atoms with Crippen LogP contribution in [-0.2, 0) is 15.9 Å². The van der Waals surface area contributed by atoms with Gasteiger partial charge in [0.15, 0.2) is 17.4 Å². The number of nitrogens with one attached hydrogen (secondary N) is 1. The molecule has 1 saturated heterocycles. The molecule has 0 radical (unpaired) electrons. The van der Waals surface area contributed by atoms with E-state index < -0.39 is 11.6 Å². The molecular weight excluding hydrogens is 574 g/mol. The Balaban J connectivity index is 1.25. The number of hydrogen-bond acceptors (Lipinski definition) is 8. The zero-order valence-corrected chi connectivity index (χ0v) is 23.4. The second-order valence-corrected chi connectivity index (χ2v) is 10.5. The standard InChI is InChI=1S/C29H23Cl2FN4O5/c1-29(2)38-15-22(41-29)14-34-27(37)17-3-5-18(6-4-17)28-36-35-24(40-28)11-19-7-8-23(31)26(25(19)32)39-21-10-16(13-33)9-20(30)12-21/h3-10,12,22H,11,14-15H2,1-2H3,(H,34,37). The van der Waals surface area contributed by atoms with Crippen molar-refractivity contribution in [3.63, 3.8) is 0 Å². The lowest BCUT2D eigenvalue weighted by molar-refractivity contribution is -0.137. The first-order valence-corrected chi connectivity index (χ1v) is 13.2. The summed E-state index contributed by atoms with van der Waals surface area (Å²) in [5, 5.41) is 20.4. The molecule has 5 rings (SSSR count). The first kappa shape index (κ1) is 28.5. The summed E-state index contributed by atoms with van der Waals surface area (Å²) in [6.45, 7) is 4.38. The molecular formula is C29H23Cl2FN4O5. The first-order valence-electron chi connectivity index (χ1n) is 12.5. The third kappa shape index (κ3) is 6.84. The lowest BCUT2D eigenvalue weighted by Crippen LogP contribution is -2.34. The Bertz CT molecular complexity index is 1640. The number of hydrogen-bond donors (Lipinski definition) is 1. The van der Waals surface area contributed by atoms with Crippen molar-refractivity contribution in [2.45, 2.75) is 32.2 Å². The van der Waals surface area contributed by atoms with Crippen LogP contribution in [0.1, 0.15) is 41.2 Å². The van der Waals surface area contributed by atoms with Crippen molar-refractivity contribution in [1.82, 2.24) is 15.5 Å². The van der Waals surface area contributed by atoms with Gasteiger partial charge in [-0.25, -0.2) is 4.39 Å². The Morgan fingerprint density at radius 1 is 1.17 bits per heavy atom. The minimum absolute atomic E-state index is 0.0321. The SMILES string of the molecule is CC1(C)OCC(CNC(=O)c2ccc(-c3nnc(Cc4ccc(Cl)c(Oc5cc(Cl)cc(C#N)c5)c4F)o3)cc2)O1. The molecule has 41 heavy (non-hydrogen) atoms. The lowest BCUT2D eigenvalue weighted by atomic mass is 10.1. The Labute approximate surface area is 244 Å². The molecule has 1 aliphatic heterocycles. The Hall–Kier alpha value is -4.01. The molecule has 12 heteroatoms. The van der Waals surface area contributed by atoms with Gasteiger partial charge in [-0.2, -0.15) is 5.26 Å². The molecule has 1 unspecified atom stereocenters.